The molecule has 2 heterocycles. The van der Waals surface area contributed by atoms with E-state index >= 15 is 0 Å². The van der Waals surface area contributed by atoms with Gasteiger partial charge < -0.3 is 14.6 Å². The van der Waals surface area contributed by atoms with Gasteiger partial charge in [-0.25, -0.2) is 9.97 Å². The van der Waals surface area contributed by atoms with Gasteiger partial charge in [-0.15, -0.1) is 0 Å². The minimum atomic E-state index is -0.799. The van der Waals surface area contributed by atoms with E-state index in [-0.39, 0.29) is 6.42 Å². The highest BCUT2D eigenvalue weighted by Gasteiger charge is 2.24. The van der Waals surface area contributed by atoms with E-state index in [0.717, 1.165) is 36.9 Å². The molecule has 1 aliphatic carbocycles. The lowest BCUT2D eigenvalue weighted by Crippen LogP contribution is -2.20. The van der Waals surface area contributed by atoms with Gasteiger partial charge >= 0.3 is 5.97 Å². The number of methoxy groups -OCH3 is 1. The first-order chi connectivity index (χ1) is 13.1. The third-order valence-corrected chi connectivity index (χ3v) is 5.00. The number of carbonyl (C=O) groups is 1. The molecule has 0 bridgehead atoms. The fraction of sp³-hybridized carbons (Fsp3) is 0.500. The molecule has 0 aliphatic heterocycles. The summed E-state index contributed by atoms with van der Waals surface area (Å²) in [5, 5.41) is 8.79. The number of aliphatic carboxylic acids is 1. The molecular formula is C20H25N3O4. The molecule has 7 heteroatoms. The van der Waals surface area contributed by atoms with E-state index in [1.54, 1.807) is 19.5 Å². The molecule has 144 valence electrons. The van der Waals surface area contributed by atoms with Gasteiger partial charge in [-0.1, -0.05) is 0 Å². The Balaban J connectivity index is 1.47. The zero-order valence-electron chi connectivity index (χ0n) is 15.5. The van der Waals surface area contributed by atoms with Gasteiger partial charge in [0, 0.05) is 30.8 Å². The maximum atomic E-state index is 10.7. The van der Waals surface area contributed by atoms with Crippen LogP contribution in [-0.2, 0) is 11.2 Å². The number of ether oxygens (including phenoxy) is 2. The Labute approximate surface area is 158 Å². The van der Waals surface area contributed by atoms with Crippen LogP contribution in [0.3, 0.4) is 0 Å². The quantitative estimate of drug-likeness (QED) is 0.761. The number of rotatable bonds is 8. The molecule has 1 N–H and O–H groups in total. The maximum Gasteiger partial charge on any atom is 0.303 e. The van der Waals surface area contributed by atoms with E-state index in [1.807, 2.05) is 18.3 Å². The van der Waals surface area contributed by atoms with Crippen molar-refractivity contribution in [1.82, 2.24) is 15.0 Å². The lowest BCUT2D eigenvalue weighted by molar-refractivity contribution is -0.136. The number of hydrogen-bond donors (Lipinski definition) is 1. The second kappa shape index (κ2) is 9.30. The van der Waals surface area contributed by atoms with Crippen LogP contribution >= 0.6 is 0 Å². The van der Waals surface area contributed by atoms with Gasteiger partial charge in [-0.05, 0) is 49.7 Å². The number of aromatic nitrogens is 3. The summed E-state index contributed by atoms with van der Waals surface area (Å²) in [6.07, 6.45) is 9.98. The first kappa shape index (κ1) is 19.1. The number of pyridine rings is 1. The Bertz CT molecular complexity index is 760. The average molecular weight is 371 g/mol. The molecule has 1 aliphatic rings. The average Bonchev–Trinajstić information content (AvgIpc) is 2.71. The van der Waals surface area contributed by atoms with Crippen molar-refractivity contribution in [2.45, 2.75) is 44.4 Å². The molecule has 0 amide bonds. The molecule has 2 aromatic heterocycles. The molecule has 0 unspecified atom stereocenters. The van der Waals surface area contributed by atoms with E-state index in [9.17, 15) is 4.79 Å². The van der Waals surface area contributed by atoms with Crippen LogP contribution in [0, 0.1) is 5.92 Å². The molecule has 1 fully saturated rings. The zero-order valence-corrected chi connectivity index (χ0v) is 15.5. The molecule has 7 nitrogen and oxygen atoms in total. The number of nitrogens with zero attached hydrogens (tertiary/aromatic N) is 3. The topological polar surface area (TPSA) is 94.4 Å². The Hall–Kier alpha value is -2.70. The number of carboxylic acid groups (broad SMARTS) is 1. The second-order valence-corrected chi connectivity index (χ2v) is 6.91. The minimum absolute atomic E-state index is 0.112. The second-order valence-electron chi connectivity index (χ2n) is 6.91. The van der Waals surface area contributed by atoms with Crippen molar-refractivity contribution in [3.8, 4) is 11.8 Å². The van der Waals surface area contributed by atoms with Crippen molar-refractivity contribution in [1.29, 1.82) is 0 Å². The zero-order chi connectivity index (χ0) is 19.1. The third kappa shape index (κ3) is 5.64. The number of aryl methyl sites for hydroxylation is 1. The molecule has 2 aromatic rings. The lowest BCUT2D eigenvalue weighted by atomic mass is 9.81. The largest absolute Gasteiger partial charge is 0.481 e. The van der Waals surface area contributed by atoms with E-state index in [4.69, 9.17) is 14.6 Å². The summed E-state index contributed by atoms with van der Waals surface area (Å²) in [4.78, 5) is 23.6. The summed E-state index contributed by atoms with van der Waals surface area (Å²) >= 11 is 0. The third-order valence-electron chi connectivity index (χ3n) is 5.00. The predicted octanol–water partition coefficient (Wildman–Crippen LogP) is 3.25. The van der Waals surface area contributed by atoms with Crippen LogP contribution in [0.1, 0.15) is 49.3 Å². The Morgan fingerprint density at radius 2 is 2.04 bits per heavy atom. The fourth-order valence-corrected chi connectivity index (χ4v) is 3.42. The van der Waals surface area contributed by atoms with Crippen molar-refractivity contribution in [2.75, 3.05) is 13.7 Å². The van der Waals surface area contributed by atoms with Crippen molar-refractivity contribution in [3.63, 3.8) is 0 Å². The van der Waals surface area contributed by atoms with Gasteiger partial charge in [0.15, 0.2) is 0 Å². The molecule has 0 radical (unpaired) electrons. The standard InChI is InChI=1S/C20H25N3O4/c1-26-19-12-21-11-17(23-19)16-5-2-15(3-6-16)13-27-18-10-14(8-9-22-18)4-7-20(24)25/h8-12,15-16H,2-7,13H2,1H3,(H,24,25). The SMILES string of the molecule is COc1cncc(C2CCC(COc3cc(CCC(=O)O)ccn3)CC2)n1. The van der Waals surface area contributed by atoms with Crippen LogP contribution in [-0.4, -0.2) is 39.7 Å². The molecule has 0 spiro atoms. The van der Waals surface area contributed by atoms with Crippen molar-refractivity contribution in [2.24, 2.45) is 5.92 Å². The molecule has 1 saturated carbocycles. The Morgan fingerprint density at radius 3 is 2.78 bits per heavy atom. The van der Waals surface area contributed by atoms with Crippen LogP contribution in [0.25, 0.3) is 0 Å². The minimum Gasteiger partial charge on any atom is -0.481 e. The van der Waals surface area contributed by atoms with E-state index in [1.165, 1.54) is 0 Å². The van der Waals surface area contributed by atoms with Crippen LogP contribution in [0.4, 0.5) is 0 Å². The Kier molecular flexibility index (Phi) is 6.57. The maximum absolute atomic E-state index is 10.7. The van der Waals surface area contributed by atoms with Gasteiger partial charge in [0.1, 0.15) is 0 Å². The normalized spacial score (nSPS) is 19.4. The monoisotopic (exact) mass is 371 g/mol. The molecular weight excluding hydrogens is 346 g/mol. The fourth-order valence-electron chi connectivity index (χ4n) is 3.42. The van der Waals surface area contributed by atoms with Gasteiger partial charge in [-0.3, -0.25) is 9.78 Å². The van der Waals surface area contributed by atoms with E-state index in [0.29, 0.717) is 36.6 Å². The van der Waals surface area contributed by atoms with Crippen LogP contribution in [0.15, 0.2) is 30.7 Å². The van der Waals surface area contributed by atoms with Gasteiger partial charge in [0.2, 0.25) is 11.8 Å². The Morgan fingerprint density at radius 1 is 1.22 bits per heavy atom. The molecule has 27 heavy (non-hydrogen) atoms. The van der Waals surface area contributed by atoms with Crippen molar-refractivity contribution >= 4 is 5.97 Å². The van der Waals surface area contributed by atoms with Gasteiger partial charge in [0.25, 0.3) is 0 Å². The number of carboxylic acids is 1. The van der Waals surface area contributed by atoms with Gasteiger partial charge in [0.05, 0.1) is 25.6 Å². The molecule has 0 aromatic carbocycles. The highest BCUT2D eigenvalue weighted by atomic mass is 16.5. The summed E-state index contributed by atoms with van der Waals surface area (Å²) < 4.78 is 11.0. The van der Waals surface area contributed by atoms with Crippen molar-refractivity contribution < 1.29 is 19.4 Å². The van der Waals surface area contributed by atoms with Crippen LogP contribution in [0.5, 0.6) is 11.8 Å². The number of hydrogen-bond acceptors (Lipinski definition) is 6. The lowest BCUT2D eigenvalue weighted by Gasteiger charge is -2.27. The van der Waals surface area contributed by atoms with Crippen LogP contribution in [0.2, 0.25) is 0 Å². The van der Waals surface area contributed by atoms with Gasteiger partial charge in [-0.2, -0.15) is 0 Å². The molecule has 0 saturated heterocycles. The predicted molar refractivity (Wildman–Crippen MR) is 99.0 cm³/mol. The summed E-state index contributed by atoms with van der Waals surface area (Å²) in [6, 6.07) is 3.66. The van der Waals surface area contributed by atoms with Crippen molar-refractivity contribution in [3.05, 3.63) is 42.0 Å². The first-order valence-electron chi connectivity index (χ1n) is 9.29. The summed E-state index contributed by atoms with van der Waals surface area (Å²) in [5.74, 6) is 1.24. The van der Waals surface area contributed by atoms with E-state index in [2.05, 4.69) is 15.0 Å². The highest BCUT2D eigenvalue weighted by Crippen LogP contribution is 2.35. The van der Waals surface area contributed by atoms with Crippen LogP contribution < -0.4 is 9.47 Å². The molecule has 3 rings (SSSR count). The summed E-state index contributed by atoms with van der Waals surface area (Å²) in [7, 11) is 1.60. The smallest absolute Gasteiger partial charge is 0.303 e. The van der Waals surface area contributed by atoms with E-state index < -0.39 is 5.97 Å². The highest BCUT2D eigenvalue weighted by molar-refractivity contribution is 5.67. The molecule has 0 atom stereocenters. The summed E-state index contributed by atoms with van der Waals surface area (Å²) in [5.41, 5.74) is 1.93. The summed E-state index contributed by atoms with van der Waals surface area (Å²) in [6.45, 7) is 0.631. The first-order valence-corrected chi connectivity index (χ1v) is 9.29.